The van der Waals surface area contributed by atoms with Gasteiger partial charge in [0.05, 0.1) is 0 Å². The minimum absolute atomic E-state index is 0.809. The van der Waals surface area contributed by atoms with Crippen molar-refractivity contribution in [3.63, 3.8) is 0 Å². The lowest BCUT2D eigenvalue weighted by molar-refractivity contribution is 0.757. The quantitative estimate of drug-likeness (QED) is 0.799. The molecule has 0 bridgehead atoms. The van der Waals surface area contributed by atoms with E-state index < -0.39 is 0 Å². The van der Waals surface area contributed by atoms with Crippen molar-refractivity contribution < 1.29 is 0 Å². The molecule has 1 aliphatic rings. The summed E-state index contributed by atoms with van der Waals surface area (Å²) in [5, 5.41) is 6.51. The Morgan fingerprint density at radius 3 is 2.50 bits per heavy atom. The van der Waals surface area contributed by atoms with E-state index in [1.54, 1.807) is 0 Å². The van der Waals surface area contributed by atoms with E-state index in [-0.39, 0.29) is 0 Å². The number of anilines is 2. The molecule has 1 fully saturated rings. The summed E-state index contributed by atoms with van der Waals surface area (Å²) < 4.78 is 0. The minimum atomic E-state index is 0.809. The number of nitrogens with one attached hydrogen (secondary N) is 2. The van der Waals surface area contributed by atoms with Crippen molar-refractivity contribution >= 4 is 11.6 Å². The summed E-state index contributed by atoms with van der Waals surface area (Å²) >= 11 is 0. The van der Waals surface area contributed by atoms with Gasteiger partial charge in [0.25, 0.3) is 0 Å². The first-order valence-corrected chi connectivity index (χ1v) is 5.97. The van der Waals surface area contributed by atoms with Crippen LogP contribution in [0.2, 0.25) is 0 Å². The summed E-state index contributed by atoms with van der Waals surface area (Å²) in [5.74, 6) is 3.65. The highest BCUT2D eigenvalue weighted by Crippen LogP contribution is 2.32. The third-order valence-electron chi connectivity index (χ3n) is 3.04. The molecule has 0 spiro atoms. The molecular weight excluding hydrogens is 200 g/mol. The molecule has 2 rings (SSSR count). The Labute approximate surface area is 96.9 Å². The van der Waals surface area contributed by atoms with Gasteiger partial charge < -0.3 is 10.6 Å². The molecule has 0 atom stereocenters. The summed E-state index contributed by atoms with van der Waals surface area (Å²) in [6.45, 7) is 4.99. The van der Waals surface area contributed by atoms with Gasteiger partial charge in [0.2, 0.25) is 0 Å². The molecule has 1 heterocycles. The van der Waals surface area contributed by atoms with Gasteiger partial charge in [-0.05, 0) is 26.2 Å². The van der Waals surface area contributed by atoms with Crippen LogP contribution in [0.25, 0.3) is 0 Å². The van der Waals surface area contributed by atoms with Crippen molar-refractivity contribution in [2.24, 2.45) is 5.92 Å². The molecule has 2 N–H and O–H groups in total. The molecule has 4 heteroatoms. The maximum absolute atomic E-state index is 4.44. The number of hydrogen-bond donors (Lipinski definition) is 2. The molecule has 4 nitrogen and oxygen atoms in total. The first-order chi connectivity index (χ1) is 7.70. The molecule has 88 valence electrons. The summed E-state index contributed by atoms with van der Waals surface area (Å²) in [5.41, 5.74) is 1.10. The number of hydrogen-bond acceptors (Lipinski definition) is 4. The number of aryl methyl sites for hydroxylation is 1. The van der Waals surface area contributed by atoms with Crippen LogP contribution in [0.3, 0.4) is 0 Å². The molecule has 16 heavy (non-hydrogen) atoms. The first kappa shape index (κ1) is 11.2. The van der Waals surface area contributed by atoms with Crippen LogP contribution < -0.4 is 10.6 Å². The smallest absolute Gasteiger partial charge is 0.134 e. The van der Waals surface area contributed by atoms with E-state index in [2.05, 4.69) is 20.6 Å². The lowest BCUT2D eigenvalue weighted by Crippen LogP contribution is -2.09. The average Bonchev–Trinajstić information content (AvgIpc) is 3.06. The Morgan fingerprint density at radius 2 is 1.88 bits per heavy atom. The molecule has 1 aromatic rings. The third kappa shape index (κ3) is 2.62. The van der Waals surface area contributed by atoms with Crippen molar-refractivity contribution in [3.05, 3.63) is 11.4 Å². The van der Waals surface area contributed by atoms with E-state index in [0.29, 0.717) is 0 Å². The van der Waals surface area contributed by atoms with Crippen molar-refractivity contribution in [3.8, 4) is 0 Å². The molecule has 0 saturated heterocycles. The Balaban J connectivity index is 2.02. The topological polar surface area (TPSA) is 49.8 Å². The van der Waals surface area contributed by atoms with Crippen LogP contribution in [0.4, 0.5) is 11.6 Å². The normalized spacial score (nSPS) is 14.9. The fourth-order valence-corrected chi connectivity index (χ4v) is 1.85. The number of aromatic nitrogens is 2. The maximum Gasteiger partial charge on any atom is 0.134 e. The standard InChI is InChI=1S/C12H20N4/c1-8-11(13-3)15-9(2)16-12(8)14-7-6-10-4-5-10/h10H,4-7H2,1-3H3,(H2,13,14,15,16). The monoisotopic (exact) mass is 220 g/mol. The predicted molar refractivity (Wildman–Crippen MR) is 66.9 cm³/mol. The van der Waals surface area contributed by atoms with E-state index in [0.717, 1.165) is 35.5 Å². The van der Waals surface area contributed by atoms with Crippen molar-refractivity contribution in [2.75, 3.05) is 24.2 Å². The molecule has 0 aliphatic heterocycles. The van der Waals surface area contributed by atoms with Gasteiger partial charge in [0, 0.05) is 19.2 Å². The van der Waals surface area contributed by atoms with Crippen LogP contribution in [-0.4, -0.2) is 23.6 Å². The largest absolute Gasteiger partial charge is 0.373 e. The van der Waals surface area contributed by atoms with Gasteiger partial charge >= 0.3 is 0 Å². The van der Waals surface area contributed by atoms with Gasteiger partial charge in [0.1, 0.15) is 17.5 Å². The Bertz CT molecular complexity index is 372. The van der Waals surface area contributed by atoms with E-state index in [9.17, 15) is 0 Å². The molecular formula is C12H20N4. The molecule has 1 saturated carbocycles. The van der Waals surface area contributed by atoms with Gasteiger partial charge in [-0.2, -0.15) is 0 Å². The summed E-state index contributed by atoms with van der Waals surface area (Å²) in [4.78, 5) is 8.78. The highest BCUT2D eigenvalue weighted by atomic mass is 15.1. The zero-order valence-corrected chi connectivity index (χ0v) is 10.3. The van der Waals surface area contributed by atoms with Gasteiger partial charge in [-0.1, -0.05) is 12.8 Å². The van der Waals surface area contributed by atoms with E-state index in [4.69, 9.17) is 0 Å². The number of rotatable bonds is 5. The van der Waals surface area contributed by atoms with E-state index in [1.807, 2.05) is 20.9 Å². The molecule has 0 unspecified atom stereocenters. The summed E-state index contributed by atoms with van der Waals surface area (Å²) in [7, 11) is 1.89. The summed E-state index contributed by atoms with van der Waals surface area (Å²) in [6.07, 6.45) is 4.08. The van der Waals surface area contributed by atoms with Gasteiger partial charge in [-0.15, -0.1) is 0 Å². The summed E-state index contributed by atoms with van der Waals surface area (Å²) in [6, 6.07) is 0. The molecule has 1 aromatic heterocycles. The molecule has 1 aliphatic carbocycles. The van der Waals surface area contributed by atoms with Gasteiger partial charge in [0.15, 0.2) is 0 Å². The lowest BCUT2D eigenvalue weighted by Gasteiger charge is -2.12. The van der Waals surface area contributed by atoms with E-state index >= 15 is 0 Å². The average molecular weight is 220 g/mol. The second kappa shape index (κ2) is 4.68. The SMILES string of the molecule is CNc1nc(C)nc(NCCC2CC2)c1C. The predicted octanol–water partition coefficient (Wildman–Crippen LogP) is 2.35. The van der Waals surface area contributed by atoms with Gasteiger partial charge in [-0.3, -0.25) is 0 Å². The second-order valence-electron chi connectivity index (χ2n) is 4.50. The number of nitrogens with zero attached hydrogens (tertiary/aromatic N) is 2. The minimum Gasteiger partial charge on any atom is -0.373 e. The third-order valence-corrected chi connectivity index (χ3v) is 3.04. The zero-order valence-electron chi connectivity index (χ0n) is 10.3. The molecule has 0 amide bonds. The van der Waals surface area contributed by atoms with Gasteiger partial charge in [-0.25, -0.2) is 9.97 Å². The highest BCUT2D eigenvalue weighted by Gasteiger charge is 2.20. The Kier molecular flexibility index (Phi) is 3.27. The lowest BCUT2D eigenvalue weighted by atomic mass is 10.2. The fourth-order valence-electron chi connectivity index (χ4n) is 1.85. The van der Waals surface area contributed by atoms with Crippen LogP contribution in [0, 0.1) is 19.8 Å². The van der Waals surface area contributed by atoms with Crippen LogP contribution in [0.1, 0.15) is 30.7 Å². The molecule has 0 radical (unpaired) electrons. The highest BCUT2D eigenvalue weighted by molar-refractivity contribution is 5.56. The van der Waals surface area contributed by atoms with Crippen LogP contribution >= 0.6 is 0 Å². The second-order valence-corrected chi connectivity index (χ2v) is 4.50. The fraction of sp³-hybridized carbons (Fsp3) is 0.667. The maximum atomic E-state index is 4.44. The van der Waals surface area contributed by atoms with E-state index in [1.165, 1.54) is 19.3 Å². The molecule has 0 aromatic carbocycles. The Morgan fingerprint density at radius 1 is 1.19 bits per heavy atom. The van der Waals surface area contributed by atoms with Crippen molar-refractivity contribution in [1.82, 2.24) is 9.97 Å². The Hall–Kier alpha value is -1.32. The van der Waals surface area contributed by atoms with Crippen molar-refractivity contribution in [2.45, 2.75) is 33.1 Å². The zero-order chi connectivity index (χ0) is 11.5. The van der Waals surface area contributed by atoms with Crippen LogP contribution in [0.5, 0.6) is 0 Å². The van der Waals surface area contributed by atoms with Crippen LogP contribution in [0.15, 0.2) is 0 Å². The first-order valence-electron chi connectivity index (χ1n) is 5.97. The van der Waals surface area contributed by atoms with Crippen molar-refractivity contribution in [1.29, 1.82) is 0 Å². The van der Waals surface area contributed by atoms with Crippen LogP contribution in [-0.2, 0) is 0 Å².